The highest BCUT2D eigenvalue weighted by molar-refractivity contribution is 6.35. The number of methoxy groups -OCH3 is 1. The quantitative estimate of drug-likeness (QED) is 0.790. The molecule has 114 valence electrons. The molecule has 1 heterocycles. The van der Waals surface area contributed by atoms with Gasteiger partial charge in [-0.05, 0) is 13.1 Å². The van der Waals surface area contributed by atoms with Gasteiger partial charge in [0, 0.05) is 32.2 Å². The molecule has 0 aliphatic carbocycles. The zero-order valence-corrected chi connectivity index (χ0v) is 12.6. The Hall–Kier alpha value is -2.08. The number of benzene rings is 1. The van der Waals surface area contributed by atoms with Crippen LogP contribution in [-0.2, 0) is 9.59 Å². The average Bonchev–Trinajstić information content (AvgIpc) is 2.52. The summed E-state index contributed by atoms with van der Waals surface area (Å²) in [5, 5.41) is 3.19. The molecular formula is C15H21N3O3. The lowest BCUT2D eigenvalue weighted by Crippen LogP contribution is -2.54. The monoisotopic (exact) mass is 291 g/mol. The van der Waals surface area contributed by atoms with E-state index < -0.39 is 11.8 Å². The van der Waals surface area contributed by atoms with Crippen molar-refractivity contribution in [3.05, 3.63) is 29.8 Å². The molecule has 1 atom stereocenters. The Morgan fingerprint density at radius 1 is 1.24 bits per heavy atom. The fraction of sp³-hybridized carbons (Fsp3) is 0.467. The Kier molecular flexibility index (Phi) is 4.80. The number of nitrogens with one attached hydrogen (secondary N) is 1. The average molecular weight is 291 g/mol. The molecule has 1 aromatic rings. The number of piperazine rings is 1. The maximum Gasteiger partial charge on any atom is 0.312 e. The van der Waals surface area contributed by atoms with Crippen LogP contribution in [0.1, 0.15) is 11.6 Å². The van der Waals surface area contributed by atoms with Crippen LogP contribution in [0.5, 0.6) is 5.75 Å². The van der Waals surface area contributed by atoms with Gasteiger partial charge in [-0.3, -0.25) is 9.59 Å². The summed E-state index contributed by atoms with van der Waals surface area (Å²) in [5.41, 5.74) is 0.974. The van der Waals surface area contributed by atoms with Gasteiger partial charge < -0.3 is 19.9 Å². The predicted molar refractivity (Wildman–Crippen MR) is 79.0 cm³/mol. The van der Waals surface area contributed by atoms with Crippen LogP contribution in [-0.4, -0.2) is 62.5 Å². The number of hydrogen-bond acceptors (Lipinski definition) is 4. The van der Waals surface area contributed by atoms with E-state index in [-0.39, 0.29) is 6.04 Å². The molecule has 1 fully saturated rings. The second kappa shape index (κ2) is 6.58. The number of carbonyl (C=O) groups excluding carboxylic acids is 2. The highest BCUT2D eigenvalue weighted by atomic mass is 16.5. The predicted octanol–water partition coefficient (Wildman–Crippen LogP) is 0.256. The lowest BCUT2D eigenvalue weighted by Gasteiger charge is -2.34. The molecule has 1 aliphatic heterocycles. The van der Waals surface area contributed by atoms with Crippen molar-refractivity contribution < 1.29 is 14.3 Å². The molecule has 0 saturated carbocycles. The second-order valence-electron chi connectivity index (χ2n) is 5.06. The smallest absolute Gasteiger partial charge is 0.312 e. The summed E-state index contributed by atoms with van der Waals surface area (Å²) in [4.78, 5) is 26.9. The van der Waals surface area contributed by atoms with Crippen LogP contribution >= 0.6 is 0 Å². The van der Waals surface area contributed by atoms with Crippen molar-refractivity contribution in [2.75, 3.05) is 40.8 Å². The third kappa shape index (κ3) is 3.16. The summed E-state index contributed by atoms with van der Waals surface area (Å²) in [5.74, 6) is -0.125. The van der Waals surface area contributed by atoms with E-state index in [1.54, 1.807) is 19.1 Å². The standard InChI is InChI=1S/C15H21N3O3/c1-16-12(11-6-4-5-7-13(11)21-3)10-18-9-8-17(2)14(19)15(18)20/h4-7,12,16H,8-10H2,1-3H3. The first kappa shape index (κ1) is 15.3. The van der Waals surface area contributed by atoms with Crippen LogP contribution in [0, 0.1) is 0 Å². The van der Waals surface area contributed by atoms with Crippen molar-refractivity contribution in [2.24, 2.45) is 0 Å². The largest absolute Gasteiger partial charge is 0.496 e. The number of likely N-dealkylation sites (N-methyl/N-ethyl adjacent to an activating group) is 2. The number of ether oxygens (including phenoxy) is 1. The summed E-state index contributed by atoms with van der Waals surface area (Å²) in [6.45, 7) is 1.55. The number of amides is 2. The molecule has 1 saturated heterocycles. The van der Waals surface area contributed by atoms with Crippen LogP contribution in [0.15, 0.2) is 24.3 Å². The summed E-state index contributed by atoms with van der Waals surface area (Å²) in [6.07, 6.45) is 0. The van der Waals surface area contributed by atoms with Gasteiger partial charge in [-0.15, -0.1) is 0 Å². The summed E-state index contributed by atoms with van der Waals surface area (Å²) < 4.78 is 5.36. The van der Waals surface area contributed by atoms with Crippen LogP contribution in [0.2, 0.25) is 0 Å². The molecule has 1 aliphatic rings. The third-order valence-electron chi connectivity index (χ3n) is 3.79. The van der Waals surface area contributed by atoms with Crippen molar-refractivity contribution in [2.45, 2.75) is 6.04 Å². The van der Waals surface area contributed by atoms with Gasteiger partial charge in [0.25, 0.3) is 0 Å². The third-order valence-corrected chi connectivity index (χ3v) is 3.79. The molecule has 1 unspecified atom stereocenters. The van der Waals surface area contributed by atoms with E-state index in [1.165, 1.54) is 4.90 Å². The van der Waals surface area contributed by atoms with Crippen molar-refractivity contribution in [3.8, 4) is 5.75 Å². The lowest BCUT2D eigenvalue weighted by molar-refractivity contribution is -0.155. The van der Waals surface area contributed by atoms with Crippen molar-refractivity contribution in [3.63, 3.8) is 0 Å². The van der Waals surface area contributed by atoms with Gasteiger partial charge in [0.15, 0.2) is 0 Å². The zero-order chi connectivity index (χ0) is 15.4. The van der Waals surface area contributed by atoms with E-state index >= 15 is 0 Å². The number of rotatable bonds is 5. The molecule has 0 spiro atoms. The Morgan fingerprint density at radius 2 is 1.95 bits per heavy atom. The minimum Gasteiger partial charge on any atom is -0.496 e. The van der Waals surface area contributed by atoms with Crippen molar-refractivity contribution in [1.82, 2.24) is 15.1 Å². The Morgan fingerprint density at radius 3 is 2.62 bits per heavy atom. The molecule has 21 heavy (non-hydrogen) atoms. The maximum absolute atomic E-state index is 12.0. The molecule has 2 rings (SSSR count). The summed E-state index contributed by atoms with van der Waals surface area (Å²) in [6, 6.07) is 7.60. The van der Waals surface area contributed by atoms with E-state index in [2.05, 4.69) is 5.32 Å². The van der Waals surface area contributed by atoms with E-state index in [0.717, 1.165) is 11.3 Å². The number of carbonyl (C=O) groups is 2. The molecule has 0 bridgehead atoms. The number of nitrogens with zero attached hydrogens (tertiary/aromatic N) is 2. The maximum atomic E-state index is 12.0. The molecule has 1 aromatic carbocycles. The minimum atomic E-state index is -0.448. The molecule has 2 amide bonds. The SMILES string of the molecule is CNC(CN1CCN(C)C(=O)C1=O)c1ccccc1OC. The summed E-state index contributed by atoms with van der Waals surface area (Å²) in [7, 11) is 5.10. The highest BCUT2D eigenvalue weighted by Gasteiger charge is 2.32. The second-order valence-corrected chi connectivity index (χ2v) is 5.06. The molecule has 6 nitrogen and oxygen atoms in total. The van der Waals surface area contributed by atoms with E-state index in [0.29, 0.717) is 19.6 Å². The van der Waals surface area contributed by atoms with Gasteiger partial charge in [-0.2, -0.15) is 0 Å². The van der Waals surface area contributed by atoms with Gasteiger partial charge >= 0.3 is 11.8 Å². The van der Waals surface area contributed by atoms with Gasteiger partial charge in [-0.25, -0.2) is 0 Å². The first-order chi connectivity index (χ1) is 10.1. The molecular weight excluding hydrogens is 270 g/mol. The Bertz CT molecular complexity index is 533. The van der Waals surface area contributed by atoms with Crippen LogP contribution in [0.25, 0.3) is 0 Å². The van der Waals surface area contributed by atoms with E-state index in [1.807, 2.05) is 31.3 Å². The Labute approximate surface area is 124 Å². The number of para-hydroxylation sites is 1. The zero-order valence-electron chi connectivity index (χ0n) is 12.6. The minimum absolute atomic E-state index is 0.0821. The first-order valence-corrected chi connectivity index (χ1v) is 6.93. The van der Waals surface area contributed by atoms with Gasteiger partial charge in [0.05, 0.1) is 13.2 Å². The van der Waals surface area contributed by atoms with E-state index in [4.69, 9.17) is 4.74 Å². The van der Waals surface area contributed by atoms with Gasteiger partial charge in [0.1, 0.15) is 5.75 Å². The fourth-order valence-electron chi connectivity index (χ4n) is 2.47. The van der Waals surface area contributed by atoms with Gasteiger partial charge in [0.2, 0.25) is 0 Å². The van der Waals surface area contributed by atoms with E-state index in [9.17, 15) is 9.59 Å². The molecule has 6 heteroatoms. The highest BCUT2D eigenvalue weighted by Crippen LogP contribution is 2.25. The molecule has 0 aromatic heterocycles. The van der Waals surface area contributed by atoms with Gasteiger partial charge in [-0.1, -0.05) is 18.2 Å². The normalized spacial score (nSPS) is 17.1. The number of hydrogen-bond donors (Lipinski definition) is 1. The van der Waals surface area contributed by atoms with Crippen LogP contribution in [0.4, 0.5) is 0 Å². The molecule has 0 radical (unpaired) electrons. The Balaban J connectivity index is 2.16. The fourth-order valence-corrected chi connectivity index (χ4v) is 2.47. The van der Waals surface area contributed by atoms with Crippen molar-refractivity contribution >= 4 is 11.8 Å². The first-order valence-electron chi connectivity index (χ1n) is 6.93. The van der Waals surface area contributed by atoms with Crippen LogP contribution in [0.3, 0.4) is 0 Å². The molecule has 1 N–H and O–H groups in total. The van der Waals surface area contributed by atoms with Crippen LogP contribution < -0.4 is 10.1 Å². The summed E-state index contributed by atoms with van der Waals surface area (Å²) >= 11 is 0. The lowest BCUT2D eigenvalue weighted by atomic mass is 10.0. The van der Waals surface area contributed by atoms with Crippen molar-refractivity contribution in [1.29, 1.82) is 0 Å². The topological polar surface area (TPSA) is 61.9 Å².